The number of hydrogen-bond acceptors (Lipinski definition) is 3. The summed E-state index contributed by atoms with van der Waals surface area (Å²) in [6.07, 6.45) is 1.99. The van der Waals surface area contributed by atoms with Gasteiger partial charge >= 0.3 is 12.0 Å². The highest BCUT2D eigenvalue weighted by Crippen LogP contribution is 2.70. The van der Waals surface area contributed by atoms with Gasteiger partial charge < -0.3 is 20.2 Å². The van der Waals surface area contributed by atoms with Crippen LogP contribution in [0.1, 0.15) is 19.3 Å². The average molecular weight is 251 g/mol. The lowest BCUT2D eigenvalue weighted by molar-refractivity contribution is -0.219. The maximum absolute atomic E-state index is 12.4. The molecule has 2 amide bonds. The first-order chi connectivity index (χ1) is 8.56. The lowest BCUT2D eigenvalue weighted by atomic mass is 9.39. The maximum Gasteiger partial charge on any atom is 0.320 e. The molecule has 2 N–H and O–H groups in total. The van der Waals surface area contributed by atoms with E-state index in [9.17, 15) is 9.59 Å². The van der Waals surface area contributed by atoms with Gasteiger partial charge in [-0.15, -0.1) is 0 Å². The van der Waals surface area contributed by atoms with Gasteiger partial charge in [0, 0.05) is 31.7 Å². The Morgan fingerprint density at radius 2 is 2.11 bits per heavy atom. The molecule has 0 aromatic heterocycles. The van der Waals surface area contributed by atoms with Gasteiger partial charge in [-0.2, -0.15) is 0 Å². The first-order valence-corrected chi connectivity index (χ1v) is 6.59. The van der Waals surface area contributed by atoms with Crippen LogP contribution in [0.3, 0.4) is 0 Å². The van der Waals surface area contributed by atoms with Crippen LogP contribution in [-0.4, -0.2) is 64.7 Å². The van der Waals surface area contributed by atoms with E-state index in [0.717, 1.165) is 26.2 Å². The van der Waals surface area contributed by atoms with E-state index in [0.29, 0.717) is 19.3 Å². The fraction of sp³-hybridized carbons (Fsp3) is 0.833. The molecule has 3 aliphatic carbocycles. The molecule has 1 atom stereocenters. The smallest absolute Gasteiger partial charge is 0.320 e. The van der Waals surface area contributed by atoms with E-state index in [1.807, 2.05) is 9.80 Å². The quantitative estimate of drug-likeness (QED) is 0.707. The van der Waals surface area contributed by atoms with Crippen LogP contribution in [0.15, 0.2) is 0 Å². The fourth-order valence-corrected chi connectivity index (χ4v) is 4.26. The van der Waals surface area contributed by atoms with Gasteiger partial charge in [-0.25, -0.2) is 4.79 Å². The second kappa shape index (κ2) is 2.99. The number of carboxylic acids is 1. The van der Waals surface area contributed by atoms with E-state index in [4.69, 9.17) is 5.11 Å². The van der Waals surface area contributed by atoms with Gasteiger partial charge in [0.2, 0.25) is 0 Å². The predicted molar refractivity (Wildman–Crippen MR) is 62.1 cm³/mol. The number of amides is 2. The molecule has 0 aromatic carbocycles. The third kappa shape index (κ3) is 1.03. The summed E-state index contributed by atoms with van der Waals surface area (Å²) in [4.78, 5) is 27.4. The molecule has 2 aliphatic heterocycles. The molecule has 0 spiro atoms. The molecule has 0 aromatic rings. The number of rotatable bonds is 2. The Balaban J connectivity index is 1.52. The van der Waals surface area contributed by atoms with Crippen molar-refractivity contribution in [3.63, 3.8) is 0 Å². The van der Waals surface area contributed by atoms with Crippen LogP contribution in [0.2, 0.25) is 0 Å². The van der Waals surface area contributed by atoms with Crippen molar-refractivity contribution in [3.8, 4) is 0 Å². The van der Waals surface area contributed by atoms with Crippen molar-refractivity contribution in [2.75, 3.05) is 26.2 Å². The summed E-state index contributed by atoms with van der Waals surface area (Å²) in [5.74, 6) is -0.685. The number of piperazine rings is 1. The van der Waals surface area contributed by atoms with Crippen molar-refractivity contribution in [2.24, 2.45) is 5.41 Å². The average Bonchev–Trinajstić information content (AvgIpc) is 2.53. The Morgan fingerprint density at radius 1 is 1.39 bits per heavy atom. The molecule has 2 bridgehead atoms. The summed E-state index contributed by atoms with van der Waals surface area (Å²) < 4.78 is 0. The van der Waals surface area contributed by atoms with E-state index >= 15 is 0 Å². The van der Waals surface area contributed by atoms with Gasteiger partial charge in [0.15, 0.2) is 0 Å². The van der Waals surface area contributed by atoms with Crippen molar-refractivity contribution in [2.45, 2.75) is 30.8 Å². The van der Waals surface area contributed by atoms with E-state index in [2.05, 4.69) is 5.32 Å². The summed E-state index contributed by atoms with van der Waals surface area (Å²) in [5, 5.41) is 12.4. The summed E-state index contributed by atoms with van der Waals surface area (Å²) in [6, 6.07) is 0.404. The lowest BCUT2D eigenvalue weighted by Crippen LogP contribution is -2.77. The Morgan fingerprint density at radius 3 is 2.72 bits per heavy atom. The number of urea groups is 1. The van der Waals surface area contributed by atoms with Crippen molar-refractivity contribution < 1.29 is 14.7 Å². The van der Waals surface area contributed by atoms with Crippen LogP contribution in [-0.2, 0) is 4.79 Å². The highest BCUT2D eigenvalue weighted by atomic mass is 16.4. The molecule has 5 fully saturated rings. The summed E-state index contributed by atoms with van der Waals surface area (Å²) in [5.41, 5.74) is -0.617. The molecule has 2 heterocycles. The molecule has 5 rings (SSSR count). The Kier molecular flexibility index (Phi) is 1.76. The van der Waals surface area contributed by atoms with Crippen LogP contribution in [0.5, 0.6) is 0 Å². The predicted octanol–water partition coefficient (Wildman–Crippen LogP) is -0.297. The molecule has 6 heteroatoms. The number of carbonyl (C=O) groups excluding carboxylic acids is 1. The van der Waals surface area contributed by atoms with E-state index in [1.54, 1.807) is 0 Å². The van der Waals surface area contributed by atoms with Gasteiger partial charge in [-0.3, -0.25) is 4.79 Å². The first-order valence-electron chi connectivity index (χ1n) is 6.59. The van der Waals surface area contributed by atoms with Crippen molar-refractivity contribution >= 4 is 12.0 Å². The highest BCUT2D eigenvalue weighted by Gasteiger charge is 2.76. The summed E-state index contributed by atoms with van der Waals surface area (Å²) in [7, 11) is 0. The van der Waals surface area contributed by atoms with Gasteiger partial charge in [-0.05, 0) is 19.3 Å². The number of nitrogens with zero attached hydrogens (tertiary/aromatic N) is 2. The van der Waals surface area contributed by atoms with Gasteiger partial charge in [-0.1, -0.05) is 0 Å². The monoisotopic (exact) mass is 251 g/mol. The van der Waals surface area contributed by atoms with Gasteiger partial charge in [0.1, 0.15) is 0 Å². The Bertz CT molecular complexity index is 430. The van der Waals surface area contributed by atoms with Crippen LogP contribution in [0.4, 0.5) is 4.79 Å². The lowest BCUT2D eigenvalue weighted by Gasteiger charge is -2.70. The third-order valence-corrected chi connectivity index (χ3v) is 5.25. The van der Waals surface area contributed by atoms with E-state index in [1.165, 1.54) is 0 Å². The topological polar surface area (TPSA) is 72.9 Å². The number of aliphatic carboxylic acids is 1. The van der Waals surface area contributed by atoms with Crippen molar-refractivity contribution in [1.82, 2.24) is 15.1 Å². The zero-order valence-corrected chi connectivity index (χ0v) is 10.2. The molecular formula is C12H17N3O3. The van der Waals surface area contributed by atoms with Crippen LogP contribution in [0.25, 0.3) is 0 Å². The zero-order valence-electron chi connectivity index (χ0n) is 10.2. The number of hydrogen-bond donors (Lipinski definition) is 2. The first kappa shape index (κ1) is 10.6. The minimum Gasteiger partial charge on any atom is -0.481 e. The van der Waals surface area contributed by atoms with E-state index < -0.39 is 11.4 Å². The number of carboxylic acid groups (broad SMARTS) is 1. The van der Waals surface area contributed by atoms with Crippen LogP contribution in [0, 0.1) is 5.41 Å². The zero-order chi connectivity index (χ0) is 12.5. The minimum absolute atomic E-state index is 0.118. The normalized spacial score (nSPS) is 45.3. The number of fused-ring (bicyclic) bond motifs is 1. The fourth-order valence-electron chi connectivity index (χ4n) is 4.26. The van der Waals surface area contributed by atoms with Crippen LogP contribution < -0.4 is 5.32 Å². The molecule has 6 nitrogen and oxygen atoms in total. The van der Waals surface area contributed by atoms with Gasteiger partial charge in [0.25, 0.3) is 0 Å². The second-order valence-electron chi connectivity index (χ2n) is 6.28. The highest BCUT2D eigenvalue weighted by molar-refractivity contribution is 5.84. The van der Waals surface area contributed by atoms with Crippen molar-refractivity contribution in [3.05, 3.63) is 0 Å². The Labute approximate surface area is 105 Å². The largest absolute Gasteiger partial charge is 0.481 e. The summed E-state index contributed by atoms with van der Waals surface area (Å²) >= 11 is 0. The molecule has 0 radical (unpaired) electrons. The molecule has 3 saturated carbocycles. The Hall–Kier alpha value is -1.30. The number of carbonyl (C=O) groups is 2. The second-order valence-corrected chi connectivity index (χ2v) is 6.28. The molecule has 18 heavy (non-hydrogen) atoms. The standard InChI is InChI=1S/C12H17N3O3/c16-9(17)11-5-12(6-11,7-11)15-4-8-3-13-1-2-14(8)10(15)18/h8,13H,1-7H2,(H,16,17)/t8-,11?,12?/m0/s1. The van der Waals surface area contributed by atoms with E-state index in [-0.39, 0.29) is 17.6 Å². The van der Waals surface area contributed by atoms with Crippen LogP contribution >= 0.6 is 0 Å². The molecule has 5 aliphatic rings. The molecular weight excluding hydrogens is 234 g/mol. The molecule has 98 valence electrons. The minimum atomic E-state index is -0.685. The van der Waals surface area contributed by atoms with Gasteiger partial charge in [0.05, 0.1) is 11.5 Å². The summed E-state index contributed by atoms with van der Waals surface area (Å²) in [6.45, 7) is 3.27. The molecule has 2 saturated heterocycles. The third-order valence-electron chi connectivity index (χ3n) is 5.25. The maximum atomic E-state index is 12.4. The SMILES string of the molecule is O=C1N2CCNC[C@H]2CN1C12CC(C(=O)O)(C1)C2. The van der Waals surface area contributed by atoms with Crippen molar-refractivity contribution in [1.29, 1.82) is 0 Å². The number of nitrogens with one attached hydrogen (secondary N) is 1. The molecule has 0 unspecified atom stereocenters.